The fraction of sp³-hybridized carbons (Fsp3) is 0.346. The van der Waals surface area contributed by atoms with Crippen molar-refractivity contribution < 1.29 is 42.9 Å². The average molecular weight is 508 g/mol. The third kappa shape index (κ3) is 4.05. The fourth-order valence-corrected chi connectivity index (χ4v) is 5.09. The summed E-state index contributed by atoms with van der Waals surface area (Å²) in [6.07, 6.45) is -0.00689. The van der Waals surface area contributed by atoms with Crippen molar-refractivity contribution in [2.75, 3.05) is 19.9 Å². The number of esters is 2. The van der Waals surface area contributed by atoms with Gasteiger partial charge in [-0.15, -0.1) is 0 Å². The van der Waals surface area contributed by atoms with Gasteiger partial charge in [-0.2, -0.15) is 0 Å². The van der Waals surface area contributed by atoms with Crippen LogP contribution in [0, 0.1) is 6.92 Å². The van der Waals surface area contributed by atoms with Crippen LogP contribution in [0.5, 0.6) is 17.2 Å². The summed E-state index contributed by atoms with van der Waals surface area (Å²) in [4.78, 5) is 65.9. The lowest BCUT2D eigenvalue weighted by atomic mass is 9.83. The second kappa shape index (κ2) is 9.23. The van der Waals surface area contributed by atoms with Crippen LogP contribution >= 0.6 is 0 Å². The number of fused-ring (bicyclic) bond motifs is 4. The zero-order valence-corrected chi connectivity index (χ0v) is 20.4. The predicted octanol–water partition coefficient (Wildman–Crippen LogP) is 1.69. The second-order valence-electron chi connectivity index (χ2n) is 8.95. The van der Waals surface area contributed by atoms with Crippen molar-refractivity contribution in [3.05, 3.63) is 52.6 Å². The molecule has 3 aliphatic heterocycles. The maximum atomic E-state index is 13.4. The van der Waals surface area contributed by atoms with Crippen LogP contribution in [0.1, 0.15) is 46.9 Å². The summed E-state index contributed by atoms with van der Waals surface area (Å²) in [7, 11) is 0. The number of amides is 3. The zero-order chi connectivity index (χ0) is 26.4. The molecule has 0 bridgehead atoms. The SMILES string of the molecule is CC(=O)Oc1c(C)c2c(c3c1[C@H](COC(=O)c1ccccc1)N1C(=O)CN(C(C)=O)C(=O)[C@@H]1C3)OCO2. The van der Waals surface area contributed by atoms with E-state index in [2.05, 4.69) is 0 Å². The first-order valence-corrected chi connectivity index (χ1v) is 11.7. The molecule has 2 aromatic carbocycles. The van der Waals surface area contributed by atoms with Crippen molar-refractivity contribution in [3.63, 3.8) is 0 Å². The van der Waals surface area contributed by atoms with Crippen molar-refractivity contribution in [3.8, 4) is 17.2 Å². The number of benzene rings is 2. The highest BCUT2D eigenvalue weighted by molar-refractivity contribution is 6.05. The van der Waals surface area contributed by atoms with Gasteiger partial charge >= 0.3 is 11.9 Å². The summed E-state index contributed by atoms with van der Waals surface area (Å²) in [5.41, 5.74) is 1.66. The largest absolute Gasteiger partial charge is 0.460 e. The molecule has 0 N–H and O–H groups in total. The first-order valence-electron chi connectivity index (χ1n) is 11.7. The normalized spacial score (nSPS) is 19.8. The van der Waals surface area contributed by atoms with Gasteiger partial charge in [0.25, 0.3) is 5.91 Å². The number of nitrogens with zero attached hydrogens (tertiary/aromatic N) is 2. The number of hydrogen-bond donors (Lipinski definition) is 0. The van der Waals surface area contributed by atoms with E-state index in [0.29, 0.717) is 33.8 Å². The number of ether oxygens (including phenoxy) is 4. The Morgan fingerprint density at radius 2 is 1.76 bits per heavy atom. The van der Waals surface area contributed by atoms with Crippen LogP contribution in [0.4, 0.5) is 0 Å². The molecule has 11 nitrogen and oxygen atoms in total. The Labute approximate surface area is 211 Å². The minimum atomic E-state index is -1.06. The molecule has 1 fully saturated rings. The quantitative estimate of drug-likeness (QED) is 0.448. The lowest BCUT2D eigenvalue weighted by Gasteiger charge is -2.47. The number of piperazine rings is 1. The molecule has 5 rings (SSSR count). The van der Waals surface area contributed by atoms with E-state index >= 15 is 0 Å². The molecule has 0 saturated carbocycles. The van der Waals surface area contributed by atoms with Crippen molar-refractivity contribution in [2.45, 2.75) is 39.3 Å². The maximum absolute atomic E-state index is 13.4. The summed E-state index contributed by atoms with van der Waals surface area (Å²) >= 11 is 0. The summed E-state index contributed by atoms with van der Waals surface area (Å²) in [6.45, 7) is 3.28. The molecule has 0 radical (unpaired) electrons. The Hall–Kier alpha value is -4.41. The third-order valence-electron chi connectivity index (χ3n) is 6.68. The van der Waals surface area contributed by atoms with Crippen LogP contribution < -0.4 is 14.2 Å². The van der Waals surface area contributed by atoms with Gasteiger partial charge in [0.1, 0.15) is 24.9 Å². The van der Waals surface area contributed by atoms with Gasteiger partial charge in [-0.1, -0.05) is 18.2 Å². The summed E-state index contributed by atoms with van der Waals surface area (Å²) in [5.74, 6) is -1.96. The molecule has 0 aromatic heterocycles. The molecular weight excluding hydrogens is 484 g/mol. The molecule has 2 atom stereocenters. The number of carbonyl (C=O) groups excluding carboxylic acids is 5. The lowest BCUT2D eigenvalue weighted by Crippen LogP contribution is -2.64. The van der Waals surface area contributed by atoms with Gasteiger partial charge in [-0.05, 0) is 19.1 Å². The first kappa shape index (κ1) is 24.3. The van der Waals surface area contributed by atoms with Crippen molar-refractivity contribution in [1.29, 1.82) is 0 Å². The number of carbonyl (C=O) groups is 5. The molecule has 3 amide bonds. The monoisotopic (exact) mass is 508 g/mol. The van der Waals surface area contributed by atoms with Crippen molar-refractivity contribution in [2.24, 2.45) is 0 Å². The van der Waals surface area contributed by atoms with E-state index in [0.717, 1.165) is 4.90 Å². The molecule has 0 unspecified atom stereocenters. The average Bonchev–Trinajstić information content (AvgIpc) is 3.37. The standard InChI is InChI=1S/C26H24N2O9/c1-13-22(37-15(3)30)21-17(24-23(13)35-12-36-24)9-18-25(32)27(14(2)29)10-20(31)28(18)19(21)11-34-26(33)16-7-5-4-6-8-16/h4-8,18-19H,9-12H2,1-3H3/t18-,19-/m0/s1. The van der Waals surface area contributed by atoms with Crippen LogP contribution in [0.3, 0.4) is 0 Å². The van der Waals surface area contributed by atoms with Gasteiger partial charge in [-0.3, -0.25) is 24.1 Å². The van der Waals surface area contributed by atoms with E-state index in [9.17, 15) is 24.0 Å². The van der Waals surface area contributed by atoms with Crippen LogP contribution in [0.15, 0.2) is 30.3 Å². The predicted molar refractivity (Wildman–Crippen MR) is 125 cm³/mol. The molecule has 37 heavy (non-hydrogen) atoms. The van der Waals surface area contributed by atoms with E-state index in [-0.39, 0.29) is 25.6 Å². The van der Waals surface area contributed by atoms with Gasteiger partial charge in [0, 0.05) is 37.0 Å². The van der Waals surface area contributed by atoms with E-state index in [4.69, 9.17) is 18.9 Å². The number of rotatable bonds is 4. The molecule has 0 spiro atoms. The van der Waals surface area contributed by atoms with Gasteiger partial charge in [0.15, 0.2) is 11.5 Å². The fourth-order valence-electron chi connectivity index (χ4n) is 5.09. The van der Waals surface area contributed by atoms with Gasteiger partial charge in [0.05, 0.1) is 11.6 Å². The van der Waals surface area contributed by atoms with Crippen LogP contribution in [-0.4, -0.2) is 65.4 Å². The number of imide groups is 1. The maximum Gasteiger partial charge on any atom is 0.338 e. The van der Waals surface area contributed by atoms with Crippen molar-refractivity contribution >= 4 is 29.7 Å². The van der Waals surface area contributed by atoms with Gasteiger partial charge in [0.2, 0.25) is 18.6 Å². The van der Waals surface area contributed by atoms with Gasteiger partial charge < -0.3 is 23.8 Å². The molecule has 3 aliphatic rings. The number of hydrogen-bond acceptors (Lipinski definition) is 9. The third-order valence-corrected chi connectivity index (χ3v) is 6.68. The minimum absolute atomic E-state index is 0.00689. The topological polar surface area (TPSA) is 129 Å². The highest BCUT2D eigenvalue weighted by atomic mass is 16.7. The van der Waals surface area contributed by atoms with E-state index in [1.54, 1.807) is 37.3 Å². The Morgan fingerprint density at radius 1 is 1.05 bits per heavy atom. The van der Waals surface area contributed by atoms with Crippen LogP contribution in [0.2, 0.25) is 0 Å². The van der Waals surface area contributed by atoms with E-state index in [1.165, 1.54) is 18.7 Å². The molecule has 3 heterocycles. The Bertz CT molecular complexity index is 1340. The van der Waals surface area contributed by atoms with E-state index in [1.807, 2.05) is 0 Å². The molecule has 0 aliphatic carbocycles. The van der Waals surface area contributed by atoms with Gasteiger partial charge in [-0.25, -0.2) is 4.79 Å². The molecule has 11 heteroatoms. The highest BCUT2D eigenvalue weighted by Gasteiger charge is 2.51. The second-order valence-corrected chi connectivity index (χ2v) is 8.95. The van der Waals surface area contributed by atoms with Crippen molar-refractivity contribution in [1.82, 2.24) is 9.80 Å². The summed E-state index contributed by atoms with van der Waals surface area (Å²) in [5, 5.41) is 0. The summed E-state index contributed by atoms with van der Waals surface area (Å²) < 4.78 is 22.6. The van der Waals surface area contributed by atoms with E-state index < -0.39 is 48.3 Å². The Morgan fingerprint density at radius 3 is 2.43 bits per heavy atom. The minimum Gasteiger partial charge on any atom is -0.460 e. The molecule has 1 saturated heterocycles. The Kier molecular flexibility index (Phi) is 6.06. The first-order chi connectivity index (χ1) is 17.7. The Balaban J connectivity index is 1.65. The highest BCUT2D eigenvalue weighted by Crippen LogP contribution is 2.52. The molecule has 2 aromatic rings. The smallest absolute Gasteiger partial charge is 0.338 e. The zero-order valence-electron chi connectivity index (χ0n) is 20.4. The molecule has 192 valence electrons. The van der Waals surface area contributed by atoms with Crippen LogP contribution in [0.25, 0.3) is 0 Å². The molecular formula is C26H24N2O9. The lowest BCUT2D eigenvalue weighted by molar-refractivity contribution is -0.165. The summed E-state index contributed by atoms with van der Waals surface area (Å²) in [6, 6.07) is 6.27. The van der Waals surface area contributed by atoms with Crippen LogP contribution in [-0.2, 0) is 30.3 Å².